The van der Waals surface area contributed by atoms with Crippen molar-refractivity contribution in [3.05, 3.63) is 76.7 Å². The van der Waals surface area contributed by atoms with Crippen molar-refractivity contribution in [2.75, 3.05) is 11.1 Å². The molecule has 6 heteroatoms. The fourth-order valence-electron chi connectivity index (χ4n) is 2.23. The highest BCUT2D eigenvalue weighted by Gasteiger charge is 2.07. The molecule has 3 aromatic rings. The first-order valence-electron chi connectivity index (χ1n) is 7.47. The van der Waals surface area contributed by atoms with Crippen LogP contribution in [0, 0.1) is 0 Å². The molecule has 0 saturated heterocycles. The molecule has 3 rings (SSSR count). The molecule has 5 nitrogen and oxygen atoms in total. The number of hydrogen-bond acceptors (Lipinski definition) is 5. The van der Waals surface area contributed by atoms with E-state index in [1.54, 1.807) is 18.6 Å². The van der Waals surface area contributed by atoms with E-state index >= 15 is 0 Å². The molecule has 1 aromatic carbocycles. The molecule has 24 heavy (non-hydrogen) atoms. The highest BCUT2D eigenvalue weighted by Crippen LogP contribution is 2.26. The Hall–Kier alpha value is -2.60. The lowest BCUT2D eigenvalue weighted by molar-refractivity contribution is 0.303. The van der Waals surface area contributed by atoms with Crippen molar-refractivity contribution < 1.29 is 4.74 Å². The monoisotopic (exact) mass is 384 g/mol. The van der Waals surface area contributed by atoms with Crippen molar-refractivity contribution in [2.24, 2.45) is 0 Å². The summed E-state index contributed by atoms with van der Waals surface area (Å²) in [7, 11) is 0. The van der Waals surface area contributed by atoms with Gasteiger partial charge in [-0.15, -0.1) is 0 Å². The molecule has 0 fully saturated rings. The van der Waals surface area contributed by atoms with Gasteiger partial charge in [0.1, 0.15) is 18.2 Å². The molecule has 0 atom stereocenters. The number of ether oxygens (including phenoxy) is 1. The predicted molar refractivity (Wildman–Crippen MR) is 98.7 cm³/mol. The second-order valence-corrected chi connectivity index (χ2v) is 6.11. The zero-order valence-corrected chi connectivity index (χ0v) is 14.5. The SMILES string of the molecule is Nc1ncccc1NCc1cc(Br)ccc1OCc1cccnc1. The Morgan fingerprint density at radius 2 is 2.00 bits per heavy atom. The fraction of sp³-hybridized carbons (Fsp3) is 0.111. The summed E-state index contributed by atoms with van der Waals surface area (Å²) in [6.07, 6.45) is 5.21. The minimum Gasteiger partial charge on any atom is -0.488 e. The summed E-state index contributed by atoms with van der Waals surface area (Å²) >= 11 is 3.50. The molecule has 2 heterocycles. The zero-order chi connectivity index (χ0) is 16.8. The number of nitrogens with zero attached hydrogens (tertiary/aromatic N) is 2. The van der Waals surface area contributed by atoms with E-state index in [0.717, 1.165) is 27.0 Å². The first-order valence-corrected chi connectivity index (χ1v) is 8.26. The number of benzene rings is 1. The van der Waals surface area contributed by atoms with Gasteiger partial charge in [-0.3, -0.25) is 4.98 Å². The van der Waals surface area contributed by atoms with Gasteiger partial charge in [0.15, 0.2) is 0 Å². The van der Waals surface area contributed by atoms with Gasteiger partial charge in [-0.1, -0.05) is 22.0 Å². The maximum atomic E-state index is 5.95. The lowest BCUT2D eigenvalue weighted by Crippen LogP contribution is -2.06. The number of halogens is 1. The van der Waals surface area contributed by atoms with Gasteiger partial charge in [0.25, 0.3) is 0 Å². The van der Waals surface area contributed by atoms with E-state index in [9.17, 15) is 0 Å². The summed E-state index contributed by atoms with van der Waals surface area (Å²) in [5, 5.41) is 3.29. The smallest absolute Gasteiger partial charge is 0.146 e. The molecule has 3 N–H and O–H groups in total. The summed E-state index contributed by atoms with van der Waals surface area (Å²) in [5.74, 6) is 1.29. The van der Waals surface area contributed by atoms with Crippen LogP contribution in [0.15, 0.2) is 65.5 Å². The third-order valence-electron chi connectivity index (χ3n) is 3.45. The van der Waals surface area contributed by atoms with Gasteiger partial charge >= 0.3 is 0 Å². The molecular formula is C18H17BrN4O. The standard InChI is InChI=1S/C18H17BrN4O/c19-15-5-6-17(24-12-13-3-1-7-21-10-13)14(9-15)11-23-16-4-2-8-22-18(16)20/h1-10,23H,11-12H2,(H2,20,22). The third-order valence-corrected chi connectivity index (χ3v) is 3.94. The van der Waals surface area contributed by atoms with E-state index in [-0.39, 0.29) is 0 Å². The van der Waals surface area contributed by atoms with Gasteiger partial charge < -0.3 is 15.8 Å². The van der Waals surface area contributed by atoms with E-state index in [1.165, 1.54) is 0 Å². The zero-order valence-electron chi connectivity index (χ0n) is 12.9. The largest absolute Gasteiger partial charge is 0.488 e. The van der Waals surface area contributed by atoms with Gasteiger partial charge in [-0.25, -0.2) is 4.98 Å². The highest BCUT2D eigenvalue weighted by molar-refractivity contribution is 9.10. The van der Waals surface area contributed by atoms with E-state index in [4.69, 9.17) is 10.5 Å². The average Bonchev–Trinajstić information content (AvgIpc) is 2.61. The van der Waals surface area contributed by atoms with Gasteiger partial charge in [0.05, 0.1) is 5.69 Å². The van der Waals surface area contributed by atoms with E-state index in [2.05, 4.69) is 31.2 Å². The van der Waals surface area contributed by atoms with Crippen LogP contribution in [0.4, 0.5) is 11.5 Å². The van der Waals surface area contributed by atoms with Crippen LogP contribution in [-0.4, -0.2) is 9.97 Å². The number of nitrogen functional groups attached to an aromatic ring is 1. The van der Waals surface area contributed by atoms with Crippen LogP contribution in [0.5, 0.6) is 5.75 Å². The molecule has 0 unspecified atom stereocenters. The van der Waals surface area contributed by atoms with Crippen molar-refractivity contribution in [3.63, 3.8) is 0 Å². The Labute approximate surface area is 149 Å². The number of nitrogens with two attached hydrogens (primary N) is 1. The van der Waals surface area contributed by atoms with Crippen molar-refractivity contribution in [1.82, 2.24) is 9.97 Å². The topological polar surface area (TPSA) is 73.1 Å². The molecule has 0 spiro atoms. The molecule has 2 aromatic heterocycles. The molecule has 0 amide bonds. The second-order valence-electron chi connectivity index (χ2n) is 5.19. The lowest BCUT2D eigenvalue weighted by Gasteiger charge is -2.14. The van der Waals surface area contributed by atoms with Crippen LogP contribution < -0.4 is 15.8 Å². The van der Waals surface area contributed by atoms with Gasteiger partial charge in [-0.2, -0.15) is 0 Å². The summed E-state index contributed by atoms with van der Waals surface area (Å²) < 4.78 is 6.94. The van der Waals surface area contributed by atoms with Crippen LogP contribution in [-0.2, 0) is 13.2 Å². The number of aromatic nitrogens is 2. The Balaban J connectivity index is 1.72. The first-order chi connectivity index (χ1) is 11.7. The Kier molecular flexibility index (Phi) is 5.28. The van der Waals surface area contributed by atoms with Crippen LogP contribution in [0.1, 0.15) is 11.1 Å². The lowest BCUT2D eigenvalue weighted by atomic mass is 10.2. The minimum absolute atomic E-state index is 0.470. The summed E-state index contributed by atoms with van der Waals surface area (Å²) in [6.45, 7) is 1.05. The first kappa shape index (κ1) is 16.3. The summed E-state index contributed by atoms with van der Waals surface area (Å²) in [4.78, 5) is 8.17. The highest BCUT2D eigenvalue weighted by atomic mass is 79.9. The normalized spacial score (nSPS) is 10.4. The number of anilines is 2. The van der Waals surface area contributed by atoms with Crippen LogP contribution in [0.25, 0.3) is 0 Å². The third kappa shape index (κ3) is 4.23. The maximum Gasteiger partial charge on any atom is 0.146 e. The summed E-state index contributed by atoms with van der Waals surface area (Å²) in [5.41, 5.74) is 8.72. The number of rotatable bonds is 6. The van der Waals surface area contributed by atoms with E-state index < -0.39 is 0 Å². The van der Waals surface area contributed by atoms with Crippen molar-refractivity contribution in [2.45, 2.75) is 13.2 Å². The Morgan fingerprint density at radius 1 is 1.12 bits per heavy atom. The average molecular weight is 385 g/mol. The van der Waals surface area contributed by atoms with Gasteiger partial charge in [0.2, 0.25) is 0 Å². The number of pyridine rings is 2. The van der Waals surface area contributed by atoms with Gasteiger partial charge in [0, 0.05) is 40.7 Å². The molecule has 0 aliphatic heterocycles. The van der Waals surface area contributed by atoms with Crippen molar-refractivity contribution in [1.29, 1.82) is 0 Å². The Morgan fingerprint density at radius 3 is 2.79 bits per heavy atom. The van der Waals surface area contributed by atoms with E-state index in [1.807, 2.05) is 42.5 Å². The number of nitrogens with one attached hydrogen (secondary N) is 1. The molecule has 0 saturated carbocycles. The van der Waals surface area contributed by atoms with Crippen LogP contribution in [0.3, 0.4) is 0 Å². The van der Waals surface area contributed by atoms with Crippen molar-refractivity contribution >= 4 is 27.4 Å². The van der Waals surface area contributed by atoms with Crippen LogP contribution in [0.2, 0.25) is 0 Å². The molecule has 0 bridgehead atoms. The van der Waals surface area contributed by atoms with Crippen LogP contribution >= 0.6 is 15.9 Å². The van der Waals surface area contributed by atoms with E-state index in [0.29, 0.717) is 19.0 Å². The summed E-state index contributed by atoms with van der Waals surface area (Å²) in [6, 6.07) is 13.6. The van der Waals surface area contributed by atoms with Gasteiger partial charge in [-0.05, 0) is 36.4 Å². The number of hydrogen-bond donors (Lipinski definition) is 2. The molecule has 122 valence electrons. The molecule has 0 radical (unpaired) electrons. The minimum atomic E-state index is 0.470. The Bertz CT molecular complexity index is 811. The molecule has 0 aliphatic carbocycles. The quantitative estimate of drug-likeness (QED) is 0.671. The maximum absolute atomic E-state index is 5.95. The second kappa shape index (κ2) is 7.79. The van der Waals surface area contributed by atoms with Crippen molar-refractivity contribution in [3.8, 4) is 5.75 Å². The fourth-order valence-corrected chi connectivity index (χ4v) is 2.64. The molecular weight excluding hydrogens is 368 g/mol. The molecule has 0 aliphatic rings. The predicted octanol–water partition coefficient (Wildman–Crippen LogP) is 4.01.